The monoisotopic (exact) mass is 520 g/mol. The fourth-order valence-corrected chi connectivity index (χ4v) is 6.52. The molecule has 0 amide bonds. The summed E-state index contributed by atoms with van der Waals surface area (Å²) in [7, 11) is -17.2. The molecule has 1 saturated carbocycles. The fraction of sp³-hybridized carbons (Fsp3) is 0.545. The lowest BCUT2D eigenvalue weighted by molar-refractivity contribution is -0.198. The van der Waals surface area contributed by atoms with Gasteiger partial charge in [-0.05, 0) is 13.0 Å². The number of nitriles is 1. The van der Waals surface area contributed by atoms with Crippen LogP contribution >= 0.6 is 23.5 Å². The van der Waals surface area contributed by atoms with E-state index in [2.05, 4.69) is 18.1 Å². The molecule has 18 nitrogen and oxygen atoms in total. The Balaban J connectivity index is 1.87. The van der Waals surface area contributed by atoms with E-state index in [4.69, 9.17) is 20.3 Å². The molecule has 2 heterocycles. The number of nitrogen functional groups attached to an aromatic ring is 1. The van der Waals surface area contributed by atoms with Gasteiger partial charge in [-0.2, -0.15) is 18.9 Å². The van der Waals surface area contributed by atoms with Crippen molar-refractivity contribution in [2.75, 3.05) is 5.73 Å². The van der Waals surface area contributed by atoms with Crippen LogP contribution in [0.1, 0.15) is 6.92 Å². The molecular formula is C11H15N4O14P3. The molecule has 178 valence electrons. The van der Waals surface area contributed by atoms with Crippen LogP contribution in [0.3, 0.4) is 0 Å². The zero-order valence-electron chi connectivity index (χ0n) is 15.5. The normalized spacial score (nSPS) is 37.7. The molecule has 2 fully saturated rings. The number of hydrogen-bond acceptors (Lipinski definition) is 13. The van der Waals surface area contributed by atoms with E-state index in [1.807, 2.05) is 0 Å². The number of fused-ring (bicyclic) bond motifs is 1. The number of ether oxygens (including phenoxy) is 1. The maximum Gasteiger partial charge on any atom is 0.490 e. The molecule has 0 bridgehead atoms. The molecule has 1 aromatic rings. The number of nitrogens with zero attached hydrogens (tertiary/aromatic N) is 3. The van der Waals surface area contributed by atoms with E-state index in [9.17, 15) is 43.8 Å². The van der Waals surface area contributed by atoms with Crippen LogP contribution in [0, 0.1) is 11.3 Å². The quantitative estimate of drug-likeness (QED) is 0.184. The highest BCUT2D eigenvalue weighted by Gasteiger charge is 2.89. The third-order valence-corrected chi connectivity index (χ3v) is 8.57. The van der Waals surface area contributed by atoms with E-state index in [1.165, 1.54) is 6.07 Å². The SMILES string of the molecule is C[C@]1(O)[C@](C#N)(n2ccc(N)nc2=O)O[C@@H]2C(OP(=O)(O)OP(=O)(O)OP(=O)(O)O)[C@]21O. The largest absolute Gasteiger partial charge is 0.490 e. The van der Waals surface area contributed by atoms with Crippen molar-refractivity contribution < 1.29 is 61.4 Å². The number of aliphatic hydroxyl groups is 2. The van der Waals surface area contributed by atoms with Gasteiger partial charge in [-0.25, -0.2) is 18.5 Å². The van der Waals surface area contributed by atoms with Gasteiger partial charge < -0.3 is 40.3 Å². The van der Waals surface area contributed by atoms with Crippen molar-refractivity contribution in [1.29, 1.82) is 5.26 Å². The van der Waals surface area contributed by atoms with Crippen molar-refractivity contribution in [3.8, 4) is 6.07 Å². The molecule has 3 unspecified atom stereocenters. The van der Waals surface area contributed by atoms with E-state index >= 15 is 0 Å². The Labute approximate surface area is 176 Å². The summed E-state index contributed by atoms with van der Waals surface area (Å²) in [6.07, 6.45) is -2.79. The number of phosphoric acid groups is 3. The Bertz CT molecular complexity index is 1210. The van der Waals surface area contributed by atoms with Crippen molar-refractivity contribution in [3.05, 3.63) is 22.7 Å². The van der Waals surface area contributed by atoms with Crippen LogP contribution in [0.4, 0.5) is 5.82 Å². The van der Waals surface area contributed by atoms with Crippen molar-refractivity contribution in [2.24, 2.45) is 0 Å². The van der Waals surface area contributed by atoms with Crippen molar-refractivity contribution >= 4 is 29.3 Å². The fourth-order valence-electron chi connectivity index (χ4n) is 3.30. The summed E-state index contributed by atoms with van der Waals surface area (Å²) in [6.45, 7) is 0.833. The van der Waals surface area contributed by atoms with E-state index < -0.39 is 58.3 Å². The maximum atomic E-state index is 12.2. The molecule has 0 radical (unpaired) electrons. The molecule has 1 aliphatic heterocycles. The van der Waals surface area contributed by atoms with Crippen molar-refractivity contribution in [2.45, 2.75) is 36.1 Å². The van der Waals surface area contributed by atoms with Gasteiger partial charge in [0, 0.05) is 6.20 Å². The van der Waals surface area contributed by atoms with Gasteiger partial charge in [0.25, 0.3) is 5.72 Å². The highest BCUT2D eigenvalue weighted by molar-refractivity contribution is 7.66. The molecule has 21 heteroatoms. The van der Waals surface area contributed by atoms with Crippen LogP contribution in [0.2, 0.25) is 0 Å². The number of rotatable bonds is 7. The molecule has 1 saturated heterocycles. The Morgan fingerprint density at radius 2 is 1.81 bits per heavy atom. The van der Waals surface area contributed by atoms with Crippen LogP contribution in [-0.4, -0.2) is 62.7 Å². The lowest BCUT2D eigenvalue weighted by Crippen LogP contribution is -2.62. The number of aromatic nitrogens is 2. The summed E-state index contributed by atoms with van der Waals surface area (Å²) in [5.74, 6) is -0.230. The second-order valence-electron chi connectivity index (χ2n) is 6.81. The highest BCUT2D eigenvalue weighted by atomic mass is 31.3. The standard InChI is InChI=1S/C11H15N4O14P3/c1-9(17)10(4-12,15-3-2-5(13)14-8(15)16)26-6-7(11(6,9)18)27-31(22,23)29-32(24,25)28-30(19,20)21/h2-3,6-7,17-18H,1H3,(H,22,23)(H,24,25)(H2,13,14,16)(H2,19,20,21)/t6-,7?,9+,10-,11-/m1/s1. The smallest absolute Gasteiger partial charge is 0.383 e. The van der Waals surface area contributed by atoms with Crippen LogP contribution in [0.15, 0.2) is 17.1 Å². The summed E-state index contributed by atoms with van der Waals surface area (Å²) in [5.41, 5.74) is -3.77. The minimum atomic E-state index is -5.84. The number of phosphoric ester groups is 1. The Morgan fingerprint density at radius 3 is 2.25 bits per heavy atom. The van der Waals surface area contributed by atoms with Crippen molar-refractivity contribution in [3.63, 3.8) is 0 Å². The van der Waals surface area contributed by atoms with Gasteiger partial charge in [0.15, 0.2) is 11.2 Å². The molecular weight excluding hydrogens is 505 g/mol. The average Bonchev–Trinajstić information content (AvgIpc) is 3.05. The van der Waals surface area contributed by atoms with Crippen LogP contribution in [-0.2, 0) is 37.3 Å². The molecule has 32 heavy (non-hydrogen) atoms. The zero-order valence-corrected chi connectivity index (χ0v) is 18.2. The first-order chi connectivity index (χ1) is 14.3. The van der Waals surface area contributed by atoms with Gasteiger partial charge in [0.2, 0.25) is 0 Å². The minimum Gasteiger partial charge on any atom is -0.383 e. The summed E-state index contributed by atoms with van der Waals surface area (Å²) in [4.78, 5) is 51.4. The third kappa shape index (κ3) is 3.87. The van der Waals surface area contributed by atoms with Crippen molar-refractivity contribution in [1.82, 2.24) is 9.55 Å². The van der Waals surface area contributed by atoms with Gasteiger partial charge in [-0.1, -0.05) is 0 Å². The molecule has 1 aromatic heterocycles. The summed E-state index contributed by atoms with van der Waals surface area (Å²) >= 11 is 0. The topological polar surface area (TPSA) is 294 Å². The lowest BCUT2D eigenvalue weighted by atomic mass is 9.86. The lowest BCUT2D eigenvalue weighted by Gasteiger charge is -2.38. The van der Waals surface area contributed by atoms with Crippen LogP contribution in [0.25, 0.3) is 0 Å². The molecule has 0 aromatic carbocycles. The van der Waals surface area contributed by atoms with Gasteiger partial charge in [0.1, 0.15) is 24.1 Å². The zero-order chi connectivity index (χ0) is 24.5. The Morgan fingerprint density at radius 1 is 1.22 bits per heavy atom. The first kappa shape index (κ1) is 25.1. The number of anilines is 1. The predicted octanol–water partition coefficient (Wildman–Crippen LogP) is -2.39. The second kappa shape index (κ2) is 7.23. The second-order valence-corrected chi connectivity index (χ2v) is 11.2. The van der Waals surface area contributed by atoms with Gasteiger partial charge >= 0.3 is 29.2 Å². The van der Waals surface area contributed by atoms with Crippen LogP contribution < -0.4 is 11.4 Å². The molecule has 0 spiro atoms. The first-order valence-corrected chi connectivity index (χ1v) is 12.6. The van der Waals surface area contributed by atoms with Crippen LogP contribution in [0.5, 0.6) is 0 Å². The highest BCUT2D eigenvalue weighted by Crippen LogP contribution is 2.71. The van der Waals surface area contributed by atoms with Gasteiger partial charge in [-0.3, -0.25) is 9.09 Å². The van der Waals surface area contributed by atoms with Gasteiger partial charge in [0.05, 0.1) is 0 Å². The molecule has 2 aliphatic rings. The predicted molar refractivity (Wildman–Crippen MR) is 95.7 cm³/mol. The summed E-state index contributed by atoms with van der Waals surface area (Å²) in [6, 6.07) is 2.60. The third-order valence-electron chi connectivity index (χ3n) is 4.75. The Hall–Kier alpha value is -1.54. The maximum absolute atomic E-state index is 12.2. The Kier molecular flexibility index (Phi) is 5.67. The minimum absolute atomic E-state index is 0.230. The average molecular weight is 520 g/mol. The molecule has 7 atom stereocenters. The van der Waals surface area contributed by atoms with E-state index in [1.54, 1.807) is 0 Å². The first-order valence-electron chi connectivity index (χ1n) is 8.04. The number of nitrogens with two attached hydrogens (primary N) is 1. The number of hydrogen-bond donors (Lipinski definition) is 7. The van der Waals surface area contributed by atoms with E-state index in [0.717, 1.165) is 19.2 Å². The molecule has 1 aliphatic carbocycles. The van der Waals surface area contributed by atoms with E-state index in [-0.39, 0.29) is 5.82 Å². The molecule has 3 rings (SSSR count). The molecule has 8 N–H and O–H groups in total. The van der Waals surface area contributed by atoms with Gasteiger partial charge in [-0.15, -0.1) is 0 Å². The van der Waals surface area contributed by atoms with E-state index in [0.29, 0.717) is 4.57 Å². The summed E-state index contributed by atoms with van der Waals surface area (Å²) < 4.78 is 51.5. The summed E-state index contributed by atoms with van der Waals surface area (Å²) in [5, 5.41) is 31.4.